The molecule has 2 unspecified atom stereocenters. The van der Waals surface area contributed by atoms with Gasteiger partial charge in [-0.2, -0.15) is 0 Å². The fourth-order valence-corrected chi connectivity index (χ4v) is 8.02. The predicted octanol–water partition coefficient (Wildman–Crippen LogP) is 16.1. The molecule has 61 heavy (non-hydrogen) atoms. The molecule has 0 rings (SSSR count). The molecule has 0 aromatic heterocycles. The van der Waals surface area contributed by atoms with E-state index in [0.717, 1.165) is 64.2 Å². The molecule has 0 fully saturated rings. The van der Waals surface area contributed by atoms with Crippen LogP contribution in [0.2, 0.25) is 0 Å². The number of carbonyl (C=O) groups excluding carboxylic acids is 2. The quantitative estimate of drug-likeness (QED) is 0.0322. The van der Waals surface area contributed by atoms with E-state index in [2.05, 4.69) is 43.5 Å². The fourth-order valence-electron chi connectivity index (χ4n) is 8.02. The Morgan fingerprint density at radius 3 is 1.28 bits per heavy atom. The van der Waals surface area contributed by atoms with Crippen LogP contribution in [0.1, 0.15) is 277 Å². The van der Waals surface area contributed by atoms with Gasteiger partial charge in [0.2, 0.25) is 5.91 Å². The first-order valence-corrected chi connectivity index (χ1v) is 26.8. The minimum Gasteiger partial charge on any atom is -0.466 e. The molecule has 0 bridgehead atoms. The summed E-state index contributed by atoms with van der Waals surface area (Å²) in [4.78, 5) is 24.5. The van der Waals surface area contributed by atoms with Crippen molar-refractivity contribution in [3.8, 4) is 0 Å². The second kappa shape index (κ2) is 50.7. The largest absolute Gasteiger partial charge is 0.466 e. The van der Waals surface area contributed by atoms with Gasteiger partial charge in [-0.1, -0.05) is 237 Å². The van der Waals surface area contributed by atoms with Crippen LogP contribution in [0.15, 0.2) is 36.5 Å². The number of aliphatic hydroxyl groups excluding tert-OH is 2. The summed E-state index contributed by atoms with van der Waals surface area (Å²) in [7, 11) is 0. The van der Waals surface area contributed by atoms with Crippen molar-refractivity contribution in [1.29, 1.82) is 0 Å². The Balaban J connectivity index is 3.49. The lowest BCUT2D eigenvalue weighted by molar-refractivity contribution is -0.143. The molecule has 0 radical (unpaired) electrons. The number of esters is 1. The van der Waals surface area contributed by atoms with E-state index in [1.807, 2.05) is 6.08 Å². The van der Waals surface area contributed by atoms with Crippen LogP contribution in [-0.2, 0) is 14.3 Å². The number of carbonyl (C=O) groups is 2. The Labute approximate surface area is 379 Å². The van der Waals surface area contributed by atoms with E-state index in [1.54, 1.807) is 6.08 Å². The van der Waals surface area contributed by atoms with Gasteiger partial charge < -0.3 is 20.3 Å². The van der Waals surface area contributed by atoms with Gasteiger partial charge in [-0.05, 0) is 64.2 Å². The maximum Gasteiger partial charge on any atom is 0.305 e. The van der Waals surface area contributed by atoms with Gasteiger partial charge >= 0.3 is 5.97 Å². The smallest absolute Gasteiger partial charge is 0.305 e. The Morgan fingerprint density at radius 1 is 0.459 bits per heavy atom. The van der Waals surface area contributed by atoms with Crippen LogP contribution < -0.4 is 5.32 Å². The Bertz CT molecular complexity index is 993. The van der Waals surface area contributed by atoms with Gasteiger partial charge in [0.15, 0.2) is 0 Å². The molecular formula is C55H103NO5. The van der Waals surface area contributed by atoms with E-state index in [4.69, 9.17) is 4.74 Å². The summed E-state index contributed by atoms with van der Waals surface area (Å²) in [6, 6.07) is -0.640. The highest BCUT2D eigenvalue weighted by molar-refractivity contribution is 5.76. The van der Waals surface area contributed by atoms with Gasteiger partial charge in [-0.3, -0.25) is 9.59 Å². The zero-order valence-electron chi connectivity index (χ0n) is 40.6. The van der Waals surface area contributed by atoms with Gasteiger partial charge in [0.05, 0.1) is 25.4 Å². The molecule has 0 aromatic rings. The summed E-state index contributed by atoms with van der Waals surface area (Å²) in [5.74, 6) is -0.103. The highest BCUT2D eigenvalue weighted by Crippen LogP contribution is 2.16. The van der Waals surface area contributed by atoms with Crippen molar-refractivity contribution in [2.75, 3.05) is 13.2 Å². The summed E-state index contributed by atoms with van der Waals surface area (Å²) in [5, 5.41) is 23.1. The summed E-state index contributed by atoms with van der Waals surface area (Å²) >= 11 is 0. The molecule has 6 nitrogen and oxygen atoms in total. The second-order valence-corrected chi connectivity index (χ2v) is 18.2. The number of allylic oxidation sites excluding steroid dienone is 5. The van der Waals surface area contributed by atoms with E-state index in [-0.39, 0.29) is 18.5 Å². The normalized spacial score (nSPS) is 12.9. The topological polar surface area (TPSA) is 95.9 Å². The van der Waals surface area contributed by atoms with Crippen LogP contribution in [0.3, 0.4) is 0 Å². The minimum atomic E-state index is -0.855. The van der Waals surface area contributed by atoms with Crippen molar-refractivity contribution >= 4 is 11.9 Å². The molecule has 1 amide bonds. The zero-order chi connectivity index (χ0) is 44.4. The average molecular weight is 858 g/mol. The summed E-state index contributed by atoms with van der Waals surface area (Å²) in [6.07, 6.45) is 61.4. The predicted molar refractivity (Wildman–Crippen MR) is 264 cm³/mol. The molecule has 0 aromatic carbocycles. The highest BCUT2D eigenvalue weighted by atomic mass is 16.5. The van der Waals surface area contributed by atoms with Crippen molar-refractivity contribution in [2.45, 2.75) is 289 Å². The van der Waals surface area contributed by atoms with Crippen molar-refractivity contribution in [3.63, 3.8) is 0 Å². The molecule has 0 aliphatic heterocycles. The third-order valence-electron chi connectivity index (χ3n) is 12.2. The molecule has 3 N–H and O–H groups in total. The van der Waals surface area contributed by atoms with Crippen molar-refractivity contribution in [2.24, 2.45) is 0 Å². The van der Waals surface area contributed by atoms with Crippen molar-refractivity contribution in [1.82, 2.24) is 5.32 Å². The van der Waals surface area contributed by atoms with Gasteiger partial charge in [-0.25, -0.2) is 0 Å². The summed E-state index contributed by atoms with van der Waals surface area (Å²) in [6.45, 7) is 4.84. The molecule has 0 heterocycles. The SMILES string of the molecule is CCCCC/C=C\C/C=C\CCCCCCCCCC(=O)OCCCCCCCCCCCCCCC(=O)NC(CO)C(O)/C=C/CCCCCCCCCCCCCCC. The van der Waals surface area contributed by atoms with Crippen LogP contribution in [0.5, 0.6) is 0 Å². The van der Waals surface area contributed by atoms with E-state index >= 15 is 0 Å². The minimum absolute atomic E-state index is 0.0189. The van der Waals surface area contributed by atoms with E-state index < -0.39 is 12.1 Å². The lowest BCUT2D eigenvalue weighted by atomic mass is 10.0. The molecular weight excluding hydrogens is 755 g/mol. The number of aliphatic hydroxyl groups is 2. The van der Waals surface area contributed by atoms with Crippen molar-refractivity contribution in [3.05, 3.63) is 36.5 Å². The van der Waals surface area contributed by atoms with Crippen LogP contribution in [-0.4, -0.2) is 47.4 Å². The van der Waals surface area contributed by atoms with E-state index in [1.165, 1.54) is 186 Å². The lowest BCUT2D eigenvalue weighted by Crippen LogP contribution is -2.45. The summed E-state index contributed by atoms with van der Waals surface area (Å²) < 4.78 is 5.46. The number of amides is 1. The first-order valence-electron chi connectivity index (χ1n) is 26.8. The van der Waals surface area contributed by atoms with E-state index in [9.17, 15) is 19.8 Å². The zero-order valence-corrected chi connectivity index (χ0v) is 40.6. The van der Waals surface area contributed by atoms with Crippen LogP contribution in [0, 0.1) is 0 Å². The molecule has 0 saturated heterocycles. The Hall–Kier alpha value is -1.92. The van der Waals surface area contributed by atoms with Crippen LogP contribution in [0.25, 0.3) is 0 Å². The van der Waals surface area contributed by atoms with Gasteiger partial charge in [-0.15, -0.1) is 0 Å². The van der Waals surface area contributed by atoms with Gasteiger partial charge in [0, 0.05) is 12.8 Å². The van der Waals surface area contributed by atoms with Crippen LogP contribution in [0.4, 0.5) is 0 Å². The van der Waals surface area contributed by atoms with Gasteiger partial charge in [0.1, 0.15) is 0 Å². The number of rotatable bonds is 49. The fraction of sp³-hybridized carbons (Fsp3) is 0.855. The van der Waals surface area contributed by atoms with Crippen molar-refractivity contribution < 1.29 is 24.5 Å². The second-order valence-electron chi connectivity index (χ2n) is 18.2. The van der Waals surface area contributed by atoms with Crippen LogP contribution >= 0.6 is 0 Å². The average Bonchev–Trinajstić information content (AvgIpc) is 3.26. The standard InChI is InChI=1S/C55H103NO5/c1-3-5-7-9-11-13-15-17-19-20-22-24-29-33-37-41-45-49-55(60)61-50-46-42-38-34-30-26-25-28-32-36-40-44-48-54(59)56-52(51-57)53(58)47-43-39-35-31-27-23-21-18-16-14-12-10-8-6-4-2/h11,13,17,19,43,47,52-53,57-58H,3-10,12,14-16,18,20-42,44-46,48-51H2,1-2H3,(H,56,59)/b13-11-,19-17-,47-43+. The Kier molecular flexibility index (Phi) is 49.1. The van der Waals surface area contributed by atoms with Gasteiger partial charge in [0.25, 0.3) is 0 Å². The third kappa shape index (κ3) is 47.4. The summed E-state index contributed by atoms with van der Waals surface area (Å²) in [5.41, 5.74) is 0. The maximum atomic E-state index is 12.4. The molecule has 0 aliphatic rings. The molecule has 0 aliphatic carbocycles. The first kappa shape index (κ1) is 59.1. The number of hydrogen-bond donors (Lipinski definition) is 3. The molecule has 6 heteroatoms. The number of ether oxygens (including phenoxy) is 1. The number of nitrogens with one attached hydrogen (secondary N) is 1. The van der Waals surface area contributed by atoms with E-state index in [0.29, 0.717) is 19.4 Å². The molecule has 358 valence electrons. The molecule has 0 saturated carbocycles. The third-order valence-corrected chi connectivity index (χ3v) is 12.2. The molecule has 0 spiro atoms. The monoisotopic (exact) mass is 858 g/mol. The lowest BCUT2D eigenvalue weighted by Gasteiger charge is -2.20. The first-order chi connectivity index (χ1) is 30.0. The number of unbranched alkanes of at least 4 members (excludes halogenated alkanes) is 34. The molecule has 2 atom stereocenters. The maximum absolute atomic E-state index is 12.4. The number of hydrogen-bond acceptors (Lipinski definition) is 5. The highest BCUT2D eigenvalue weighted by Gasteiger charge is 2.18. The Morgan fingerprint density at radius 2 is 0.820 bits per heavy atom.